The first-order valence-electron chi connectivity index (χ1n) is 5.62. The molecule has 0 heterocycles. The third-order valence-corrected chi connectivity index (χ3v) is 2.31. The molecule has 0 bridgehead atoms. The Hall–Kier alpha value is -2.12. The number of hydrogen-bond acceptors (Lipinski definition) is 5. The van der Waals surface area contributed by atoms with Crippen molar-refractivity contribution in [3.05, 3.63) is 0 Å². The molecule has 0 radical (unpaired) electrons. The summed E-state index contributed by atoms with van der Waals surface area (Å²) >= 11 is 0. The lowest BCUT2D eigenvalue weighted by atomic mass is 10.2. The van der Waals surface area contributed by atoms with Gasteiger partial charge in [0, 0.05) is 20.0 Å². The maximum atomic E-state index is 11.5. The summed E-state index contributed by atoms with van der Waals surface area (Å²) in [5, 5.41) is 10.4. The molecule has 0 spiro atoms. The van der Waals surface area contributed by atoms with Gasteiger partial charge in [0.15, 0.2) is 0 Å². The minimum absolute atomic E-state index is 0.0880. The minimum Gasteiger partial charge on any atom is -0.481 e. The van der Waals surface area contributed by atoms with Crippen LogP contribution in [0, 0.1) is 5.92 Å². The summed E-state index contributed by atoms with van der Waals surface area (Å²) in [5.74, 6) is -2.77. The number of amides is 3. The van der Waals surface area contributed by atoms with Crippen LogP contribution >= 0.6 is 0 Å². The first-order valence-corrected chi connectivity index (χ1v) is 5.62. The Balaban J connectivity index is 4.16. The van der Waals surface area contributed by atoms with Crippen molar-refractivity contribution in [2.45, 2.75) is 19.8 Å². The van der Waals surface area contributed by atoms with Crippen LogP contribution in [0.3, 0.4) is 0 Å². The van der Waals surface area contributed by atoms with E-state index in [0.717, 1.165) is 4.90 Å². The molecule has 0 saturated carbocycles. The summed E-state index contributed by atoms with van der Waals surface area (Å²) in [7, 11) is 2.66. The molecule has 1 atom stereocenters. The molecule has 108 valence electrons. The Labute approximate surface area is 110 Å². The van der Waals surface area contributed by atoms with Crippen molar-refractivity contribution in [3.63, 3.8) is 0 Å². The van der Waals surface area contributed by atoms with Gasteiger partial charge in [0.25, 0.3) is 0 Å². The van der Waals surface area contributed by atoms with Gasteiger partial charge in [0.2, 0.25) is 5.91 Å². The zero-order chi connectivity index (χ0) is 15.0. The molecule has 0 saturated heterocycles. The molecule has 8 heteroatoms. The smallest absolute Gasteiger partial charge is 0.323 e. The fourth-order valence-corrected chi connectivity index (χ4v) is 1.27. The van der Waals surface area contributed by atoms with E-state index in [1.54, 1.807) is 6.92 Å². The van der Waals surface area contributed by atoms with Crippen molar-refractivity contribution < 1.29 is 29.0 Å². The molecular weight excluding hydrogens is 256 g/mol. The highest BCUT2D eigenvalue weighted by Crippen LogP contribution is 2.01. The number of carbonyl (C=O) groups excluding carboxylic acids is 3. The Bertz CT molecular complexity index is 368. The van der Waals surface area contributed by atoms with Crippen LogP contribution in [0.2, 0.25) is 0 Å². The van der Waals surface area contributed by atoms with Crippen LogP contribution in [0.15, 0.2) is 0 Å². The summed E-state index contributed by atoms with van der Waals surface area (Å²) in [6.45, 7) is 1.67. The summed E-state index contributed by atoms with van der Waals surface area (Å²) in [6, 6.07) is -0.689. The normalized spacial score (nSPS) is 11.3. The first-order chi connectivity index (χ1) is 8.77. The summed E-state index contributed by atoms with van der Waals surface area (Å²) < 4.78 is 4.51. The van der Waals surface area contributed by atoms with Gasteiger partial charge in [0.05, 0.1) is 19.4 Å². The number of hydrogen-bond donors (Lipinski definition) is 2. The number of methoxy groups -OCH3 is 1. The van der Waals surface area contributed by atoms with Gasteiger partial charge in [-0.3, -0.25) is 19.7 Å². The van der Waals surface area contributed by atoms with E-state index in [-0.39, 0.29) is 19.4 Å². The molecule has 0 aromatic heterocycles. The van der Waals surface area contributed by atoms with Gasteiger partial charge in [-0.25, -0.2) is 4.79 Å². The molecule has 0 aliphatic rings. The van der Waals surface area contributed by atoms with Crippen LogP contribution in [-0.4, -0.2) is 54.6 Å². The Morgan fingerprint density at radius 3 is 2.32 bits per heavy atom. The number of esters is 1. The highest BCUT2D eigenvalue weighted by Gasteiger charge is 2.20. The number of carboxylic acid groups (broad SMARTS) is 1. The monoisotopic (exact) mass is 274 g/mol. The van der Waals surface area contributed by atoms with Crippen molar-refractivity contribution in [1.82, 2.24) is 10.2 Å². The molecule has 3 amide bonds. The molecular formula is C11H18N2O6. The summed E-state index contributed by atoms with van der Waals surface area (Å²) in [6.07, 6.45) is -0.622. The molecule has 2 N–H and O–H groups in total. The topological polar surface area (TPSA) is 113 Å². The van der Waals surface area contributed by atoms with Gasteiger partial charge in [-0.05, 0) is 0 Å². The maximum absolute atomic E-state index is 11.5. The first kappa shape index (κ1) is 16.9. The second-order valence-corrected chi connectivity index (χ2v) is 4.05. The number of imide groups is 1. The van der Waals surface area contributed by atoms with Gasteiger partial charge in [-0.15, -0.1) is 0 Å². The van der Waals surface area contributed by atoms with E-state index < -0.39 is 29.8 Å². The lowest BCUT2D eigenvalue weighted by Crippen LogP contribution is -2.43. The van der Waals surface area contributed by atoms with E-state index in [1.165, 1.54) is 14.2 Å². The van der Waals surface area contributed by atoms with E-state index in [1.807, 2.05) is 5.32 Å². The minimum atomic E-state index is -1.12. The van der Waals surface area contributed by atoms with Crippen molar-refractivity contribution in [3.8, 4) is 0 Å². The van der Waals surface area contributed by atoms with Crippen molar-refractivity contribution in [1.29, 1.82) is 0 Å². The van der Waals surface area contributed by atoms with Gasteiger partial charge < -0.3 is 14.7 Å². The number of nitrogens with zero attached hydrogens (tertiary/aromatic N) is 1. The standard InChI is InChI=1S/C11H18N2O6/c1-7(10(17)19-3)6-13(2)11(18)12-8(14)4-5-9(15)16/h7H,4-6H2,1-3H3,(H,15,16)(H,12,14,18). The van der Waals surface area contributed by atoms with E-state index in [9.17, 15) is 19.2 Å². The Morgan fingerprint density at radius 2 is 1.84 bits per heavy atom. The van der Waals surface area contributed by atoms with Crippen LogP contribution in [0.1, 0.15) is 19.8 Å². The highest BCUT2D eigenvalue weighted by atomic mass is 16.5. The quantitative estimate of drug-likeness (QED) is 0.650. The molecule has 0 aliphatic carbocycles. The third-order valence-electron chi connectivity index (χ3n) is 2.31. The average molecular weight is 274 g/mol. The highest BCUT2D eigenvalue weighted by molar-refractivity contribution is 5.95. The second-order valence-electron chi connectivity index (χ2n) is 4.05. The number of aliphatic carboxylic acids is 1. The third kappa shape index (κ3) is 7.02. The van der Waals surface area contributed by atoms with Crippen molar-refractivity contribution >= 4 is 23.9 Å². The van der Waals surface area contributed by atoms with E-state index in [4.69, 9.17) is 5.11 Å². The van der Waals surface area contributed by atoms with Crippen molar-refractivity contribution in [2.24, 2.45) is 5.92 Å². The zero-order valence-corrected chi connectivity index (χ0v) is 11.1. The molecule has 19 heavy (non-hydrogen) atoms. The number of rotatable bonds is 6. The van der Waals surface area contributed by atoms with E-state index in [2.05, 4.69) is 4.74 Å². The molecule has 8 nitrogen and oxygen atoms in total. The van der Waals surface area contributed by atoms with E-state index >= 15 is 0 Å². The predicted molar refractivity (Wildman–Crippen MR) is 64.2 cm³/mol. The molecule has 0 aromatic carbocycles. The van der Waals surface area contributed by atoms with Crippen LogP contribution in [0.25, 0.3) is 0 Å². The molecule has 0 aliphatic heterocycles. The lowest BCUT2D eigenvalue weighted by Gasteiger charge is -2.20. The van der Waals surface area contributed by atoms with Gasteiger partial charge >= 0.3 is 18.0 Å². The average Bonchev–Trinajstić information content (AvgIpc) is 2.34. The fraction of sp³-hybridized carbons (Fsp3) is 0.636. The van der Waals surface area contributed by atoms with Crippen LogP contribution < -0.4 is 5.32 Å². The lowest BCUT2D eigenvalue weighted by molar-refractivity contribution is -0.145. The molecule has 0 rings (SSSR count). The molecule has 0 fully saturated rings. The van der Waals surface area contributed by atoms with E-state index in [0.29, 0.717) is 0 Å². The SMILES string of the molecule is COC(=O)C(C)CN(C)C(=O)NC(=O)CCC(=O)O. The number of carbonyl (C=O) groups is 4. The number of carboxylic acids is 1. The van der Waals surface area contributed by atoms with Crippen molar-refractivity contribution in [2.75, 3.05) is 20.7 Å². The summed E-state index contributed by atoms with van der Waals surface area (Å²) in [4.78, 5) is 45.3. The summed E-state index contributed by atoms with van der Waals surface area (Å²) in [5.41, 5.74) is 0. The Morgan fingerprint density at radius 1 is 1.26 bits per heavy atom. The number of ether oxygens (including phenoxy) is 1. The predicted octanol–water partition coefficient (Wildman–Crippen LogP) is -0.172. The van der Waals surface area contributed by atoms with Crippen LogP contribution in [0.5, 0.6) is 0 Å². The van der Waals surface area contributed by atoms with Gasteiger partial charge in [-0.1, -0.05) is 6.92 Å². The Kier molecular flexibility index (Phi) is 7.16. The van der Waals surface area contributed by atoms with Gasteiger partial charge in [0.1, 0.15) is 0 Å². The molecule has 0 aromatic rings. The number of urea groups is 1. The largest absolute Gasteiger partial charge is 0.481 e. The van der Waals surface area contributed by atoms with Gasteiger partial charge in [-0.2, -0.15) is 0 Å². The molecule has 1 unspecified atom stereocenters. The van der Waals surface area contributed by atoms with Crippen LogP contribution in [-0.2, 0) is 19.1 Å². The fourth-order valence-electron chi connectivity index (χ4n) is 1.27. The second kappa shape index (κ2) is 8.06. The number of nitrogens with one attached hydrogen (secondary N) is 1. The maximum Gasteiger partial charge on any atom is 0.323 e. The zero-order valence-electron chi connectivity index (χ0n) is 11.1. The van der Waals surface area contributed by atoms with Crippen LogP contribution in [0.4, 0.5) is 4.79 Å².